The summed E-state index contributed by atoms with van der Waals surface area (Å²) in [4.78, 5) is 19.0. The number of hydrogen-bond acceptors (Lipinski definition) is 4. The SMILES string of the molecule is C[C@](O)(CN1CCN(CC(=O)N2CCCCC2)CC1)c1ccccc1. The standard InChI is InChI=1S/C20H31N3O2/c1-20(25,18-8-4-2-5-9-18)17-22-14-12-21(13-15-22)16-19(24)23-10-6-3-7-11-23/h2,4-5,8-9,25H,3,6-7,10-17H2,1H3/t20-/m0/s1. The molecule has 1 N–H and O–H groups in total. The first kappa shape index (κ1) is 18.4. The number of benzene rings is 1. The Labute approximate surface area is 151 Å². The maximum absolute atomic E-state index is 12.4. The van der Waals surface area contributed by atoms with Gasteiger partial charge in [0.05, 0.1) is 12.1 Å². The summed E-state index contributed by atoms with van der Waals surface area (Å²) in [7, 11) is 0. The highest BCUT2D eigenvalue weighted by Crippen LogP contribution is 2.22. The van der Waals surface area contributed by atoms with Gasteiger partial charge in [0.25, 0.3) is 0 Å². The van der Waals surface area contributed by atoms with Gasteiger partial charge in [-0.05, 0) is 31.7 Å². The molecule has 25 heavy (non-hydrogen) atoms. The van der Waals surface area contributed by atoms with E-state index in [2.05, 4.69) is 9.80 Å². The quantitative estimate of drug-likeness (QED) is 0.879. The summed E-state index contributed by atoms with van der Waals surface area (Å²) in [5.41, 5.74) is 0.116. The van der Waals surface area contributed by atoms with Crippen LogP contribution in [0, 0.1) is 0 Å². The molecule has 2 fully saturated rings. The molecular weight excluding hydrogens is 314 g/mol. The van der Waals surface area contributed by atoms with Gasteiger partial charge in [0.2, 0.25) is 5.91 Å². The van der Waals surface area contributed by atoms with E-state index >= 15 is 0 Å². The fourth-order valence-electron chi connectivity index (χ4n) is 3.86. The van der Waals surface area contributed by atoms with Crippen LogP contribution < -0.4 is 0 Å². The number of carbonyl (C=O) groups excluding carboxylic acids is 1. The van der Waals surface area contributed by atoms with Crippen LogP contribution >= 0.6 is 0 Å². The Bertz CT molecular complexity index is 547. The second kappa shape index (κ2) is 8.30. The van der Waals surface area contributed by atoms with Gasteiger partial charge in [-0.3, -0.25) is 14.6 Å². The first-order chi connectivity index (χ1) is 12.0. The summed E-state index contributed by atoms with van der Waals surface area (Å²) in [6.07, 6.45) is 3.55. The van der Waals surface area contributed by atoms with Crippen LogP contribution in [0.15, 0.2) is 30.3 Å². The highest BCUT2D eigenvalue weighted by molar-refractivity contribution is 5.78. The molecule has 5 heteroatoms. The number of aliphatic hydroxyl groups is 1. The van der Waals surface area contributed by atoms with Crippen molar-refractivity contribution in [3.05, 3.63) is 35.9 Å². The lowest BCUT2D eigenvalue weighted by molar-refractivity contribution is -0.133. The van der Waals surface area contributed by atoms with Crippen molar-refractivity contribution in [1.82, 2.24) is 14.7 Å². The van der Waals surface area contributed by atoms with Gasteiger partial charge in [-0.2, -0.15) is 0 Å². The molecule has 1 aromatic rings. The van der Waals surface area contributed by atoms with Crippen molar-refractivity contribution in [3.8, 4) is 0 Å². The Morgan fingerprint density at radius 3 is 2.20 bits per heavy atom. The fraction of sp³-hybridized carbons (Fsp3) is 0.650. The lowest BCUT2D eigenvalue weighted by Gasteiger charge is -2.39. The van der Waals surface area contributed by atoms with Crippen molar-refractivity contribution in [3.63, 3.8) is 0 Å². The Morgan fingerprint density at radius 2 is 1.56 bits per heavy atom. The maximum Gasteiger partial charge on any atom is 0.236 e. The van der Waals surface area contributed by atoms with E-state index in [1.54, 1.807) is 0 Å². The molecule has 0 radical (unpaired) electrons. The van der Waals surface area contributed by atoms with Crippen molar-refractivity contribution in [2.45, 2.75) is 31.8 Å². The minimum atomic E-state index is -0.840. The summed E-state index contributed by atoms with van der Waals surface area (Å²) in [6.45, 7) is 8.50. The largest absolute Gasteiger partial charge is 0.384 e. The van der Waals surface area contributed by atoms with Gasteiger partial charge in [-0.1, -0.05) is 30.3 Å². The number of nitrogens with zero attached hydrogens (tertiary/aromatic N) is 3. The van der Waals surface area contributed by atoms with Crippen molar-refractivity contribution in [1.29, 1.82) is 0 Å². The molecule has 0 unspecified atom stereocenters. The second-order valence-corrected chi connectivity index (χ2v) is 7.63. The summed E-state index contributed by atoms with van der Waals surface area (Å²) in [5, 5.41) is 10.8. The Kier molecular flexibility index (Phi) is 6.10. The molecule has 2 aliphatic heterocycles. The molecule has 1 atom stereocenters. The molecule has 5 nitrogen and oxygen atoms in total. The van der Waals surface area contributed by atoms with Crippen LogP contribution in [0.25, 0.3) is 0 Å². The van der Waals surface area contributed by atoms with Gasteiger partial charge in [0.15, 0.2) is 0 Å². The first-order valence-corrected chi connectivity index (χ1v) is 9.55. The molecule has 2 aliphatic rings. The van der Waals surface area contributed by atoms with Gasteiger partial charge in [-0.25, -0.2) is 0 Å². The molecule has 0 bridgehead atoms. The number of carbonyl (C=O) groups is 1. The Balaban J connectivity index is 1.44. The molecule has 2 heterocycles. The second-order valence-electron chi connectivity index (χ2n) is 7.63. The van der Waals surface area contributed by atoms with E-state index in [4.69, 9.17) is 0 Å². The maximum atomic E-state index is 12.4. The van der Waals surface area contributed by atoms with Gasteiger partial charge in [0, 0.05) is 45.8 Å². The molecule has 0 aromatic heterocycles. The van der Waals surface area contributed by atoms with Crippen molar-refractivity contribution in [2.24, 2.45) is 0 Å². The lowest BCUT2D eigenvalue weighted by atomic mass is 9.95. The Hall–Kier alpha value is -1.43. The molecule has 1 aromatic carbocycles. The molecule has 3 rings (SSSR count). The molecule has 0 spiro atoms. The summed E-state index contributed by atoms with van der Waals surface area (Å²) in [6, 6.07) is 9.86. The average Bonchev–Trinajstić information content (AvgIpc) is 2.64. The van der Waals surface area contributed by atoms with E-state index in [9.17, 15) is 9.90 Å². The van der Waals surface area contributed by atoms with Crippen molar-refractivity contribution in [2.75, 3.05) is 52.4 Å². The van der Waals surface area contributed by atoms with Gasteiger partial charge >= 0.3 is 0 Å². The molecule has 1 amide bonds. The minimum Gasteiger partial charge on any atom is -0.384 e. The van der Waals surface area contributed by atoms with E-state index in [0.717, 1.165) is 57.7 Å². The van der Waals surface area contributed by atoms with Crippen LogP contribution in [-0.4, -0.2) is 78.1 Å². The highest BCUT2D eigenvalue weighted by Gasteiger charge is 2.29. The van der Waals surface area contributed by atoms with E-state index in [1.807, 2.05) is 42.2 Å². The average molecular weight is 345 g/mol. The smallest absolute Gasteiger partial charge is 0.236 e. The van der Waals surface area contributed by atoms with Gasteiger partial charge in [-0.15, -0.1) is 0 Å². The zero-order valence-corrected chi connectivity index (χ0v) is 15.4. The molecule has 0 aliphatic carbocycles. The molecule has 2 saturated heterocycles. The van der Waals surface area contributed by atoms with E-state index in [0.29, 0.717) is 13.1 Å². The zero-order valence-electron chi connectivity index (χ0n) is 15.4. The summed E-state index contributed by atoms with van der Waals surface area (Å²) in [5.74, 6) is 0.282. The topological polar surface area (TPSA) is 47.0 Å². The van der Waals surface area contributed by atoms with Crippen molar-refractivity contribution < 1.29 is 9.90 Å². The lowest BCUT2D eigenvalue weighted by Crippen LogP contribution is -2.52. The van der Waals surface area contributed by atoms with Crippen LogP contribution in [0.2, 0.25) is 0 Å². The van der Waals surface area contributed by atoms with Crippen LogP contribution in [0.4, 0.5) is 0 Å². The number of piperazine rings is 1. The number of β-amino-alcohol motifs (C(OH)–C–C–N with tert-alkyl or cyclic N) is 1. The van der Waals surface area contributed by atoms with E-state index in [-0.39, 0.29) is 5.91 Å². The molecular formula is C20H31N3O2. The van der Waals surface area contributed by atoms with Crippen molar-refractivity contribution >= 4 is 5.91 Å². The number of amides is 1. The molecule has 138 valence electrons. The Morgan fingerprint density at radius 1 is 0.960 bits per heavy atom. The number of piperidine rings is 1. The monoisotopic (exact) mass is 345 g/mol. The third-order valence-corrected chi connectivity index (χ3v) is 5.46. The van der Waals surface area contributed by atoms with Gasteiger partial charge < -0.3 is 10.0 Å². The van der Waals surface area contributed by atoms with Gasteiger partial charge in [0.1, 0.15) is 0 Å². The minimum absolute atomic E-state index is 0.282. The fourth-order valence-corrected chi connectivity index (χ4v) is 3.86. The van der Waals surface area contributed by atoms with Crippen LogP contribution in [0.1, 0.15) is 31.7 Å². The van der Waals surface area contributed by atoms with Crippen LogP contribution in [0.5, 0.6) is 0 Å². The first-order valence-electron chi connectivity index (χ1n) is 9.55. The highest BCUT2D eigenvalue weighted by atomic mass is 16.3. The third kappa shape index (κ3) is 5.03. The predicted molar refractivity (Wildman–Crippen MR) is 99.3 cm³/mol. The van der Waals surface area contributed by atoms with Crippen LogP contribution in [0.3, 0.4) is 0 Å². The summed E-state index contributed by atoms with van der Waals surface area (Å²) >= 11 is 0. The summed E-state index contributed by atoms with van der Waals surface area (Å²) < 4.78 is 0. The normalized spacial score (nSPS) is 22.6. The zero-order chi connectivity index (χ0) is 17.7. The third-order valence-electron chi connectivity index (χ3n) is 5.46. The number of likely N-dealkylation sites (tertiary alicyclic amines) is 1. The number of hydrogen-bond donors (Lipinski definition) is 1. The van der Waals surface area contributed by atoms with E-state index < -0.39 is 5.60 Å². The number of rotatable bonds is 5. The molecule has 0 saturated carbocycles. The predicted octanol–water partition coefficient (Wildman–Crippen LogP) is 1.52. The van der Waals surface area contributed by atoms with Crippen LogP contribution in [-0.2, 0) is 10.4 Å². The van der Waals surface area contributed by atoms with E-state index in [1.165, 1.54) is 6.42 Å².